The molecule has 0 bridgehead atoms. The van der Waals surface area contributed by atoms with Crippen LogP contribution in [-0.4, -0.2) is 65.9 Å². The summed E-state index contributed by atoms with van der Waals surface area (Å²) in [5, 5.41) is 16.5. The number of fused-ring (bicyclic) bond motifs is 1. The van der Waals surface area contributed by atoms with Crippen LogP contribution in [0.25, 0.3) is 0 Å². The number of aromatic amines is 1. The van der Waals surface area contributed by atoms with Crippen LogP contribution in [-0.2, 0) is 16.9 Å². The first-order valence-corrected chi connectivity index (χ1v) is 12.6. The van der Waals surface area contributed by atoms with E-state index in [9.17, 15) is 9.59 Å². The van der Waals surface area contributed by atoms with Crippen LogP contribution in [0.5, 0.6) is 0 Å². The minimum Gasteiger partial charge on any atom is -0.388 e. The fourth-order valence-electron chi connectivity index (χ4n) is 4.42. The Morgan fingerprint density at radius 2 is 1.79 bits per heavy atom. The zero-order chi connectivity index (χ0) is 28.6. The first-order chi connectivity index (χ1) is 18.6. The van der Waals surface area contributed by atoms with Gasteiger partial charge in [0.1, 0.15) is 6.29 Å². The lowest BCUT2D eigenvalue weighted by Gasteiger charge is -2.34. The fraction of sp³-hybridized carbons (Fsp3) is 0.310. The highest BCUT2D eigenvalue weighted by Crippen LogP contribution is 2.40. The highest BCUT2D eigenvalue weighted by molar-refractivity contribution is 6.04. The van der Waals surface area contributed by atoms with Crippen LogP contribution in [0.2, 0.25) is 0 Å². The van der Waals surface area contributed by atoms with Crippen molar-refractivity contribution in [1.29, 1.82) is 0 Å². The molecule has 39 heavy (non-hydrogen) atoms. The molecular formula is C29H37N7O3. The van der Waals surface area contributed by atoms with Gasteiger partial charge in [-0.3, -0.25) is 14.7 Å². The summed E-state index contributed by atoms with van der Waals surface area (Å²) < 4.78 is 0. The van der Waals surface area contributed by atoms with E-state index >= 15 is 0 Å². The van der Waals surface area contributed by atoms with Crippen molar-refractivity contribution in [2.45, 2.75) is 32.0 Å². The van der Waals surface area contributed by atoms with Crippen LogP contribution in [0.3, 0.4) is 0 Å². The van der Waals surface area contributed by atoms with Gasteiger partial charge in [-0.25, -0.2) is 4.79 Å². The van der Waals surface area contributed by atoms with E-state index in [-0.39, 0.29) is 18.0 Å². The second kappa shape index (κ2) is 12.9. The maximum absolute atomic E-state index is 13.5. The average molecular weight is 532 g/mol. The van der Waals surface area contributed by atoms with Crippen molar-refractivity contribution >= 4 is 29.7 Å². The molecule has 1 aromatic heterocycles. The third-order valence-corrected chi connectivity index (χ3v) is 6.53. The van der Waals surface area contributed by atoms with Gasteiger partial charge in [0.05, 0.1) is 23.8 Å². The van der Waals surface area contributed by atoms with Crippen LogP contribution in [0.15, 0.2) is 67.3 Å². The zero-order valence-electron chi connectivity index (χ0n) is 23.1. The summed E-state index contributed by atoms with van der Waals surface area (Å²) in [6, 6.07) is 16.8. The number of urea groups is 1. The van der Waals surface area contributed by atoms with Gasteiger partial charge in [0.25, 0.3) is 5.91 Å². The minimum atomic E-state index is -0.622. The van der Waals surface area contributed by atoms with E-state index in [1.807, 2.05) is 77.5 Å². The number of rotatable bonds is 8. The number of amides is 3. The summed E-state index contributed by atoms with van der Waals surface area (Å²) in [7, 11) is 5.80. The SMILES string of the molecule is C=CC=O.CNc1ccc(C(=O)Nc2n[nH]c3c2CN(C(=O)NC(CN(C)C)c2ccccc2)C3(C)C)cc1. The van der Waals surface area contributed by atoms with Crippen LogP contribution >= 0.6 is 0 Å². The van der Waals surface area contributed by atoms with Crippen LogP contribution in [0, 0.1) is 0 Å². The number of hydrogen-bond acceptors (Lipinski definition) is 6. The molecule has 0 fully saturated rings. The number of benzene rings is 2. The number of allylic oxidation sites excluding steroid dienone is 1. The number of aromatic nitrogens is 2. The van der Waals surface area contributed by atoms with E-state index in [0.29, 0.717) is 30.8 Å². The number of anilines is 2. The number of nitrogens with one attached hydrogen (secondary N) is 4. The van der Waals surface area contributed by atoms with Crippen molar-refractivity contribution in [3.05, 3.63) is 89.6 Å². The van der Waals surface area contributed by atoms with Crippen LogP contribution in [0.1, 0.15) is 47.1 Å². The Kier molecular flexibility index (Phi) is 9.62. The molecule has 0 radical (unpaired) electrons. The molecule has 0 spiro atoms. The van der Waals surface area contributed by atoms with Crippen LogP contribution < -0.4 is 16.0 Å². The summed E-state index contributed by atoms with van der Waals surface area (Å²) >= 11 is 0. The van der Waals surface area contributed by atoms with E-state index in [2.05, 4.69) is 37.6 Å². The van der Waals surface area contributed by atoms with Crippen molar-refractivity contribution in [2.75, 3.05) is 38.3 Å². The first kappa shape index (κ1) is 29.1. The molecule has 0 saturated heterocycles. The van der Waals surface area contributed by atoms with Gasteiger partial charge in [-0.2, -0.15) is 5.10 Å². The van der Waals surface area contributed by atoms with Gasteiger partial charge in [-0.05, 0) is 63.8 Å². The van der Waals surface area contributed by atoms with Gasteiger partial charge in [0.15, 0.2) is 5.82 Å². The van der Waals surface area contributed by atoms with E-state index in [4.69, 9.17) is 4.79 Å². The predicted octanol–water partition coefficient (Wildman–Crippen LogP) is 4.14. The minimum absolute atomic E-state index is 0.161. The number of likely N-dealkylation sites (N-methyl/N-ethyl adjacent to an activating group) is 1. The molecule has 10 nitrogen and oxygen atoms in total. The Balaban J connectivity index is 0.000000983. The Morgan fingerprint density at radius 3 is 2.36 bits per heavy atom. The third kappa shape index (κ3) is 6.91. The zero-order valence-corrected chi connectivity index (χ0v) is 23.1. The molecule has 3 aromatic rings. The Morgan fingerprint density at radius 1 is 1.15 bits per heavy atom. The standard InChI is InChI=1S/C26H33N7O2.C3H4O/c1-26(2)22-20(23(31-30-22)29-24(34)18-11-13-19(27-3)14-12-18)15-33(26)25(35)28-21(16-32(4)5)17-9-7-6-8-10-17;1-2-3-4/h6-14,21,27H,15-16H2,1-5H3,(H,28,35)(H2,29,30,31,34);2-3H,1H2. The average Bonchev–Trinajstić information content (AvgIpc) is 3.46. The quantitative estimate of drug-likeness (QED) is 0.256. The maximum atomic E-state index is 13.5. The molecule has 0 saturated carbocycles. The van der Waals surface area contributed by atoms with Crippen molar-refractivity contribution < 1.29 is 14.4 Å². The molecule has 0 aliphatic carbocycles. The Labute approximate surface area is 229 Å². The fourth-order valence-corrected chi connectivity index (χ4v) is 4.42. The molecule has 10 heteroatoms. The Hall–Kier alpha value is -4.44. The molecule has 2 aromatic carbocycles. The highest BCUT2D eigenvalue weighted by Gasteiger charge is 2.44. The summed E-state index contributed by atoms with van der Waals surface area (Å²) in [5.74, 6) is 0.191. The molecule has 4 rings (SSSR count). The van der Waals surface area contributed by atoms with Gasteiger partial charge < -0.3 is 25.8 Å². The lowest BCUT2D eigenvalue weighted by Crippen LogP contribution is -2.48. The lowest BCUT2D eigenvalue weighted by molar-refractivity contribution is -0.104. The summed E-state index contributed by atoms with van der Waals surface area (Å²) in [6.07, 6.45) is 1.83. The summed E-state index contributed by atoms with van der Waals surface area (Å²) in [5.41, 5.74) is 3.51. The van der Waals surface area contributed by atoms with Crippen LogP contribution in [0.4, 0.5) is 16.3 Å². The second-order valence-corrected chi connectivity index (χ2v) is 9.90. The summed E-state index contributed by atoms with van der Waals surface area (Å²) in [4.78, 5) is 39.2. The number of aldehydes is 1. The smallest absolute Gasteiger partial charge is 0.319 e. The summed E-state index contributed by atoms with van der Waals surface area (Å²) in [6.45, 7) is 8.07. The number of carbonyl (C=O) groups excluding carboxylic acids is 3. The van der Waals surface area contributed by atoms with E-state index in [1.165, 1.54) is 6.08 Å². The van der Waals surface area contributed by atoms with Crippen molar-refractivity contribution in [1.82, 2.24) is 25.3 Å². The molecule has 206 valence electrons. The first-order valence-electron chi connectivity index (χ1n) is 12.6. The van der Waals surface area contributed by atoms with Crippen molar-refractivity contribution in [2.24, 2.45) is 0 Å². The van der Waals surface area contributed by atoms with Gasteiger partial charge >= 0.3 is 6.03 Å². The van der Waals surface area contributed by atoms with Crippen molar-refractivity contribution in [3.8, 4) is 0 Å². The number of hydrogen-bond donors (Lipinski definition) is 4. The number of nitrogens with zero attached hydrogens (tertiary/aromatic N) is 3. The van der Waals surface area contributed by atoms with Gasteiger partial charge in [0, 0.05) is 30.4 Å². The van der Waals surface area contributed by atoms with E-state index in [1.54, 1.807) is 17.0 Å². The molecule has 3 amide bonds. The van der Waals surface area contributed by atoms with Gasteiger partial charge in [0.2, 0.25) is 0 Å². The van der Waals surface area contributed by atoms with E-state index < -0.39 is 5.54 Å². The largest absolute Gasteiger partial charge is 0.388 e. The van der Waals surface area contributed by atoms with Crippen molar-refractivity contribution in [3.63, 3.8) is 0 Å². The number of carbonyl (C=O) groups is 3. The molecule has 1 unspecified atom stereocenters. The molecule has 2 heterocycles. The molecule has 1 atom stereocenters. The number of H-pyrrole nitrogens is 1. The molecule has 1 aliphatic rings. The molecule has 4 N–H and O–H groups in total. The monoisotopic (exact) mass is 531 g/mol. The highest BCUT2D eigenvalue weighted by atomic mass is 16.2. The predicted molar refractivity (Wildman–Crippen MR) is 154 cm³/mol. The normalized spacial score (nSPS) is 13.9. The molecular weight excluding hydrogens is 494 g/mol. The lowest BCUT2D eigenvalue weighted by atomic mass is 10.0. The topological polar surface area (TPSA) is 122 Å². The maximum Gasteiger partial charge on any atom is 0.319 e. The van der Waals surface area contributed by atoms with E-state index in [0.717, 1.165) is 22.5 Å². The Bertz CT molecular complexity index is 1280. The van der Waals surface area contributed by atoms with Gasteiger partial charge in [-0.15, -0.1) is 0 Å². The third-order valence-electron chi connectivity index (χ3n) is 6.53. The molecule has 1 aliphatic heterocycles. The second-order valence-electron chi connectivity index (χ2n) is 9.90. The van der Waals surface area contributed by atoms with Gasteiger partial charge in [-0.1, -0.05) is 36.9 Å².